The van der Waals surface area contributed by atoms with E-state index in [4.69, 9.17) is 5.11 Å². The number of carboxylic acids is 1. The minimum Gasteiger partial charge on any atom is -0.481 e. The molecule has 1 saturated heterocycles. The van der Waals surface area contributed by atoms with Crippen LogP contribution in [0.5, 0.6) is 0 Å². The van der Waals surface area contributed by atoms with Crippen molar-refractivity contribution in [2.75, 3.05) is 12.8 Å². The van der Waals surface area contributed by atoms with Crippen LogP contribution in [-0.2, 0) is 24.7 Å². The number of aliphatic carboxylic acids is 1. The molecular formula is C14H19NO6S2. The number of piperidine rings is 1. The summed E-state index contributed by atoms with van der Waals surface area (Å²) in [6.07, 6.45) is 1.87. The average Bonchev–Trinajstić information content (AvgIpc) is 2.46. The Hall–Kier alpha value is -1.45. The third-order valence-electron chi connectivity index (χ3n) is 4.01. The van der Waals surface area contributed by atoms with Gasteiger partial charge in [-0.15, -0.1) is 0 Å². The number of sulfone groups is 1. The Morgan fingerprint density at radius 1 is 1.17 bits per heavy atom. The smallest absolute Gasteiger partial charge is 0.307 e. The van der Waals surface area contributed by atoms with Gasteiger partial charge in [0, 0.05) is 18.8 Å². The van der Waals surface area contributed by atoms with Gasteiger partial charge >= 0.3 is 5.97 Å². The summed E-state index contributed by atoms with van der Waals surface area (Å²) in [6, 6.07) is 4.79. The van der Waals surface area contributed by atoms with Crippen molar-refractivity contribution >= 4 is 25.8 Å². The second kappa shape index (κ2) is 6.21. The molecule has 0 amide bonds. The zero-order valence-corrected chi connectivity index (χ0v) is 14.5. The van der Waals surface area contributed by atoms with E-state index < -0.39 is 31.7 Å². The molecule has 0 bridgehead atoms. The highest BCUT2D eigenvalue weighted by Gasteiger charge is 2.37. The van der Waals surface area contributed by atoms with Gasteiger partial charge in [0.25, 0.3) is 0 Å². The van der Waals surface area contributed by atoms with Crippen molar-refractivity contribution in [3.63, 3.8) is 0 Å². The van der Waals surface area contributed by atoms with Crippen molar-refractivity contribution in [3.05, 3.63) is 24.3 Å². The lowest BCUT2D eigenvalue weighted by atomic mass is 9.96. The summed E-state index contributed by atoms with van der Waals surface area (Å²) in [6.45, 7) is 1.61. The van der Waals surface area contributed by atoms with Crippen LogP contribution in [0, 0.1) is 5.92 Å². The Balaban J connectivity index is 2.43. The molecule has 0 saturated carbocycles. The van der Waals surface area contributed by atoms with Crippen molar-refractivity contribution in [2.24, 2.45) is 5.92 Å². The molecule has 0 aromatic heterocycles. The summed E-state index contributed by atoms with van der Waals surface area (Å²) in [5.41, 5.74) is 0. The third-order valence-corrected chi connectivity index (χ3v) is 7.10. The van der Waals surface area contributed by atoms with Gasteiger partial charge < -0.3 is 5.11 Å². The molecule has 2 atom stereocenters. The van der Waals surface area contributed by atoms with E-state index in [1.807, 2.05) is 0 Å². The minimum absolute atomic E-state index is 0.0852. The van der Waals surface area contributed by atoms with Gasteiger partial charge in [-0.25, -0.2) is 16.8 Å². The number of hydrogen-bond donors (Lipinski definition) is 1. The molecule has 1 aliphatic rings. The van der Waals surface area contributed by atoms with Gasteiger partial charge in [0.05, 0.1) is 15.7 Å². The number of hydrogen-bond acceptors (Lipinski definition) is 5. The van der Waals surface area contributed by atoms with E-state index in [1.165, 1.54) is 18.2 Å². The van der Waals surface area contributed by atoms with Gasteiger partial charge in [-0.3, -0.25) is 4.79 Å². The normalized spacial score (nSPS) is 23.6. The molecule has 1 aliphatic heterocycles. The molecule has 0 radical (unpaired) electrons. The van der Waals surface area contributed by atoms with E-state index >= 15 is 0 Å². The summed E-state index contributed by atoms with van der Waals surface area (Å²) in [7, 11) is -7.49. The number of carbonyl (C=O) groups is 1. The lowest BCUT2D eigenvalue weighted by Gasteiger charge is -2.35. The molecule has 7 nitrogen and oxygen atoms in total. The van der Waals surface area contributed by atoms with Crippen LogP contribution in [0.25, 0.3) is 0 Å². The van der Waals surface area contributed by atoms with Gasteiger partial charge in [0.15, 0.2) is 9.84 Å². The monoisotopic (exact) mass is 361 g/mol. The van der Waals surface area contributed by atoms with E-state index in [1.54, 1.807) is 6.92 Å². The molecule has 23 heavy (non-hydrogen) atoms. The van der Waals surface area contributed by atoms with Gasteiger partial charge in [-0.2, -0.15) is 4.31 Å². The van der Waals surface area contributed by atoms with Gasteiger partial charge in [0.2, 0.25) is 10.0 Å². The van der Waals surface area contributed by atoms with Crippen LogP contribution in [-0.4, -0.2) is 51.1 Å². The molecule has 128 valence electrons. The van der Waals surface area contributed by atoms with Crippen LogP contribution < -0.4 is 0 Å². The highest BCUT2D eigenvalue weighted by Crippen LogP contribution is 2.29. The number of sulfonamides is 1. The Morgan fingerprint density at radius 2 is 1.78 bits per heavy atom. The molecule has 1 aromatic rings. The second-order valence-electron chi connectivity index (χ2n) is 5.78. The summed E-state index contributed by atoms with van der Waals surface area (Å²) in [5, 5.41) is 9.13. The van der Waals surface area contributed by atoms with Crippen molar-refractivity contribution in [1.82, 2.24) is 4.31 Å². The molecule has 2 unspecified atom stereocenters. The Bertz CT molecular complexity index is 815. The highest BCUT2D eigenvalue weighted by atomic mass is 32.2. The van der Waals surface area contributed by atoms with Gasteiger partial charge in [-0.05, 0) is 38.0 Å². The summed E-state index contributed by atoms with van der Waals surface area (Å²) >= 11 is 0. The first kappa shape index (κ1) is 17.9. The molecule has 0 spiro atoms. The van der Waals surface area contributed by atoms with E-state index in [0.717, 1.165) is 16.6 Å². The highest BCUT2D eigenvalue weighted by molar-refractivity contribution is 7.91. The molecule has 0 aliphatic carbocycles. The SMILES string of the molecule is CC1CCC(C(=O)O)CN1S(=O)(=O)c1cccc(S(C)(=O)=O)c1. The van der Waals surface area contributed by atoms with E-state index in [9.17, 15) is 21.6 Å². The second-order valence-corrected chi connectivity index (χ2v) is 9.69. The predicted octanol–water partition coefficient (Wildman–Crippen LogP) is 0.964. The molecular weight excluding hydrogens is 342 g/mol. The summed E-state index contributed by atoms with van der Waals surface area (Å²) in [5.74, 6) is -1.78. The average molecular weight is 361 g/mol. The minimum atomic E-state index is -3.95. The molecule has 2 rings (SSSR count). The number of benzene rings is 1. The zero-order valence-electron chi connectivity index (χ0n) is 12.8. The van der Waals surface area contributed by atoms with Crippen molar-refractivity contribution in [3.8, 4) is 0 Å². The molecule has 1 heterocycles. The fourth-order valence-electron chi connectivity index (χ4n) is 2.61. The van der Waals surface area contributed by atoms with E-state index in [0.29, 0.717) is 12.8 Å². The standard InChI is InChI=1S/C14H19NO6S2/c1-10-6-7-11(14(16)17)9-15(10)23(20,21)13-5-3-4-12(8-13)22(2,18)19/h3-5,8,10-11H,6-7,9H2,1-2H3,(H,16,17). The number of nitrogens with zero attached hydrogens (tertiary/aromatic N) is 1. The van der Waals surface area contributed by atoms with Crippen LogP contribution in [0.3, 0.4) is 0 Å². The van der Waals surface area contributed by atoms with Crippen molar-refractivity contribution in [2.45, 2.75) is 35.6 Å². The van der Waals surface area contributed by atoms with E-state index in [-0.39, 0.29) is 22.4 Å². The van der Waals surface area contributed by atoms with Crippen LogP contribution in [0.4, 0.5) is 0 Å². The maximum absolute atomic E-state index is 12.8. The lowest BCUT2D eigenvalue weighted by molar-refractivity contribution is -0.143. The van der Waals surface area contributed by atoms with Crippen LogP contribution in [0.15, 0.2) is 34.1 Å². The number of carboxylic acid groups (broad SMARTS) is 1. The maximum Gasteiger partial charge on any atom is 0.307 e. The molecule has 1 N–H and O–H groups in total. The van der Waals surface area contributed by atoms with Crippen LogP contribution in [0.1, 0.15) is 19.8 Å². The lowest BCUT2D eigenvalue weighted by Crippen LogP contribution is -2.47. The number of rotatable bonds is 4. The van der Waals surface area contributed by atoms with Gasteiger partial charge in [0.1, 0.15) is 0 Å². The molecule has 1 aromatic carbocycles. The van der Waals surface area contributed by atoms with Gasteiger partial charge in [-0.1, -0.05) is 6.07 Å². The third kappa shape index (κ3) is 3.73. The quantitative estimate of drug-likeness (QED) is 0.856. The van der Waals surface area contributed by atoms with Crippen molar-refractivity contribution < 1.29 is 26.7 Å². The first-order valence-corrected chi connectivity index (χ1v) is 10.4. The first-order valence-electron chi connectivity index (χ1n) is 7.08. The summed E-state index contributed by atoms with van der Waals surface area (Å²) < 4.78 is 49.9. The fourth-order valence-corrected chi connectivity index (χ4v) is 5.11. The van der Waals surface area contributed by atoms with Crippen LogP contribution >= 0.6 is 0 Å². The van der Waals surface area contributed by atoms with Crippen molar-refractivity contribution in [1.29, 1.82) is 0 Å². The zero-order chi connectivity index (χ0) is 17.4. The van der Waals surface area contributed by atoms with E-state index in [2.05, 4.69) is 0 Å². The Kier molecular flexibility index (Phi) is 4.84. The fraction of sp³-hybridized carbons (Fsp3) is 0.500. The Morgan fingerprint density at radius 3 is 2.35 bits per heavy atom. The topological polar surface area (TPSA) is 109 Å². The maximum atomic E-state index is 12.8. The molecule has 9 heteroatoms. The first-order chi connectivity index (χ1) is 10.5. The summed E-state index contributed by atoms with van der Waals surface area (Å²) in [4.78, 5) is 10.9. The predicted molar refractivity (Wildman–Crippen MR) is 83.3 cm³/mol. The molecule has 1 fully saturated rings. The van der Waals surface area contributed by atoms with Crippen LogP contribution in [0.2, 0.25) is 0 Å². The largest absolute Gasteiger partial charge is 0.481 e. The Labute approximate surface area is 135 Å².